The Morgan fingerprint density at radius 1 is 1.00 bits per heavy atom. The molecule has 0 saturated heterocycles. The monoisotopic (exact) mass is 598 g/mol. The summed E-state index contributed by atoms with van der Waals surface area (Å²) in [5.41, 5.74) is 1.84. The van der Waals surface area contributed by atoms with E-state index in [-0.39, 0.29) is 15.5 Å². The van der Waals surface area contributed by atoms with Gasteiger partial charge in [0.15, 0.2) is 5.78 Å². The highest BCUT2D eigenvalue weighted by molar-refractivity contribution is 9.09. The first-order valence-corrected chi connectivity index (χ1v) is 13.6. The molecule has 4 rings (SSSR count). The summed E-state index contributed by atoms with van der Waals surface area (Å²) in [7, 11) is 2.38. The van der Waals surface area contributed by atoms with E-state index in [2.05, 4.69) is 26.0 Å². The molecule has 0 spiro atoms. The lowest BCUT2D eigenvalue weighted by Crippen LogP contribution is -2.12. The number of fused-ring (bicyclic) bond motifs is 1. The van der Waals surface area contributed by atoms with Crippen LogP contribution in [0.2, 0.25) is 0 Å². The van der Waals surface area contributed by atoms with Gasteiger partial charge in [-0.3, -0.25) is 4.79 Å². The number of ketones is 1. The molecule has 0 saturated carbocycles. The Labute approximate surface area is 219 Å². The summed E-state index contributed by atoms with van der Waals surface area (Å²) in [5.74, 6) is 2.47. The predicted molar refractivity (Wildman–Crippen MR) is 138 cm³/mol. The Bertz CT molecular complexity index is 1450. The summed E-state index contributed by atoms with van der Waals surface area (Å²) in [6.07, 6.45) is 1.61. The van der Waals surface area contributed by atoms with Gasteiger partial charge in [-0.25, -0.2) is 23.1 Å². The second-order valence-corrected chi connectivity index (χ2v) is 10.2. The first-order valence-electron chi connectivity index (χ1n) is 10.1. The first kappa shape index (κ1) is 27.4. The Morgan fingerprint density at radius 3 is 2.14 bits per heavy atom. The minimum absolute atomic E-state index is 0.0271. The smallest absolute Gasteiger partial charge is 0.267 e. The number of carbonyl (C=O) groups is 1. The number of nitrogens with zero attached hydrogens (tertiary/aromatic N) is 3. The van der Waals surface area contributed by atoms with Crippen molar-refractivity contribution in [2.75, 3.05) is 33.8 Å². The van der Waals surface area contributed by atoms with Crippen molar-refractivity contribution < 1.29 is 32.2 Å². The highest BCUT2D eigenvalue weighted by Crippen LogP contribution is 2.33. The number of carbonyl (C=O) groups excluding carboxylic acids is 1. The molecule has 2 aromatic carbocycles. The highest BCUT2D eigenvalue weighted by Gasteiger charge is 2.19. The van der Waals surface area contributed by atoms with Crippen LogP contribution in [0.5, 0.6) is 23.0 Å². The number of Topliss-reactive ketones (excluding diaryl/α,β-unsaturated/α-hetero) is 1. The van der Waals surface area contributed by atoms with Gasteiger partial charge in [0.05, 0.1) is 51.2 Å². The maximum Gasteiger partial charge on any atom is 0.267 e. The maximum atomic E-state index is 11.5. The topological polar surface area (TPSA) is 144 Å². The van der Waals surface area contributed by atoms with Gasteiger partial charge in [-0.15, -0.1) is 5.10 Å². The number of nitrogens with two attached hydrogens (primary N) is 1. The molecule has 2 N–H and O–H groups in total. The molecule has 36 heavy (non-hydrogen) atoms. The van der Waals surface area contributed by atoms with Crippen molar-refractivity contribution in [1.82, 2.24) is 14.6 Å². The van der Waals surface area contributed by atoms with Gasteiger partial charge < -0.3 is 18.9 Å². The number of benzene rings is 2. The van der Waals surface area contributed by atoms with Gasteiger partial charge in [0.1, 0.15) is 23.0 Å². The quantitative estimate of drug-likeness (QED) is 0.238. The number of sulfonamides is 1. The van der Waals surface area contributed by atoms with E-state index in [4.69, 9.17) is 24.1 Å². The van der Waals surface area contributed by atoms with Crippen molar-refractivity contribution in [2.45, 2.75) is 4.34 Å². The molecule has 0 fully saturated rings. The molecule has 192 valence electrons. The average Bonchev–Trinajstić information content (AvgIpc) is 3.47. The Hall–Kier alpha value is -3.20. The minimum atomic E-state index is -3.83. The lowest BCUT2D eigenvalue weighted by Gasteiger charge is -2.08. The zero-order chi connectivity index (χ0) is 26.5. The number of primary sulfonamides is 1. The number of hydrogen-bond donors (Lipinski definition) is 1. The Balaban J connectivity index is 0.000000223. The molecule has 0 radical (unpaired) electrons. The molecule has 0 bridgehead atoms. The van der Waals surface area contributed by atoms with E-state index in [1.165, 1.54) is 11.6 Å². The fourth-order valence-corrected chi connectivity index (χ4v) is 4.85. The molecule has 2 heterocycles. The van der Waals surface area contributed by atoms with E-state index in [1.807, 2.05) is 0 Å². The van der Waals surface area contributed by atoms with Crippen molar-refractivity contribution in [2.24, 2.45) is 5.14 Å². The molecule has 0 amide bonds. The van der Waals surface area contributed by atoms with E-state index in [1.54, 1.807) is 63.9 Å². The SMILES string of the molecule is COc1ccc(OC)c(-c2cn3nc(S(N)(=O)=O)sc3n2)c1.COc1ccc(OC)c(C(=O)CBr)c1. The predicted octanol–water partition coefficient (Wildman–Crippen LogP) is 3.40. The summed E-state index contributed by atoms with van der Waals surface area (Å²) in [4.78, 5) is 16.3. The third-order valence-corrected chi connectivity index (χ3v) is 7.52. The van der Waals surface area contributed by atoms with Crippen LogP contribution in [0, 0.1) is 0 Å². The number of rotatable bonds is 8. The fraction of sp³-hybridized carbons (Fsp3) is 0.227. The molecule has 11 nitrogen and oxygen atoms in total. The zero-order valence-corrected chi connectivity index (χ0v) is 22.9. The number of aromatic nitrogens is 3. The van der Waals surface area contributed by atoms with E-state index in [9.17, 15) is 13.2 Å². The molecular weight excluding hydrogens is 576 g/mol. The summed E-state index contributed by atoms with van der Waals surface area (Å²) in [5, 5.41) is 9.25. The molecule has 0 aliphatic rings. The molecule has 0 unspecified atom stereocenters. The van der Waals surface area contributed by atoms with Crippen LogP contribution in [0.3, 0.4) is 0 Å². The number of hydrogen-bond acceptors (Lipinski definition) is 10. The molecule has 4 aromatic rings. The van der Waals surface area contributed by atoms with Crippen LogP contribution in [0.4, 0.5) is 0 Å². The normalized spacial score (nSPS) is 10.9. The molecule has 0 atom stereocenters. The fourth-order valence-electron chi connectivity index (χ4n) is 3.04. The number of methoxy groups -OCH3 is 4. The minimum Gasteiger partial charge on any atom is -0.497 e. The lowest BCUT2D eigenvalue weighted by atomic mass is 10.1. The summed E-state index contributed by atoms with van der Waals surface area (Å²) in [6.45, 7) is 0. The van der Waals surface area contributed by atoms with Crippen LogP contribution in [0.1, 0.15) is 10.4 Å². The van der Waals surface area contributed by atoms with Crippen LogP contribution in [0.15, 0.2) is 46.9 Å². The average molecular weight is 599 g/mol. The van der Waals surface area contributed by atoms with E-state index >= 15 is 0 Å². The highest BCUT2D eigenvalue weighted by atomic mass is 79.9. The standard InChI is InChI=1S/C12H12N4O4S2.C10H11BrO3/c1-19-7-3-4-10(20-2)8(5-7)9-6-16-11(14-9)21-12(15-16)22(13,17)18;1-13-7-3-4-10(14-2)8(5-7)9(12)6-11/h3-6H,1-2H3,(H2,13,17,18);3-5H,6H2,1-2H3. The number of ether oxygens (including phenoxy) is 4. The second-order valence-electron chi connectivity index (χ2n) is 6.96. The van der Waals surface area contributed by atoms with Gasteiger partial charge in [0.2, 0.25) is 9.30 Å². The molecule has 2 aromatic heterocycles. The van der Waals surface area contributed by atoms with E-state index in [0.29, 0.717) is 39.2 Å². The van der Waals surface area contributed by atoms with Crippen LogP contribution in [0.25, 0.3) is 16.2 Å². The lowest BCUT2D eigenvalue weighted by molar-refractivity contribution is 0.102. The van der Waals surface area contributed by atoms with Crippen LogP contribution >= 0.6 is 27.3 Å². The van der Waals surface area contributed by atoms with Crippen LogP contribution in [-0.2, 0) is 10.0 Å². The van der Waals surface area contributed by atoms with Crippen molar-refractivity contribution in [3.63, 3.8) is 0 Å². The van der Waals surface area contributed by atoms with Crippen molar-refractivity contribution in [3.05, 3.63) is 48.2 Å². The maximum absolute atomic E-state index is 11.5. The van der Waals surface area contributed by atoms with Gasteiger partial charge in [-0.1, -0.05) is 27.3 Å². The van der Waals surface area contributed by atoms with E-state index in [0.717, 1.165) is 16.9 Å². The zero-order valence-electron chi connectivity index (χ0n) is 19.7. The van der Waals surface area contributed by atoms with Crippen molar-refractivity contribution >= 4 is 48.0 Å². The Kier molecular flexibility index (Phi) is 8.89. The Morgan fingerprint density at radius 2 is 1.61 bits per heavy atom. The number of imidazole rings is 1. The summed E-state index contributed by atoms with van der Waals surface area (Å²) < 4.78 is 44.4. The molecular formula is C22H23BrN4O7S2. The van der Waals surface area contributed by atoms with Gasteiger partial charge in [-0.2, -0.15) is 0 Å². The number of alkyl halides is 1. The van der Waals surface area contributed by atoms with Gasteiger partial charge in [-0.05, 0) is 36.4 Å². The third kappa shape index (κ3) is 6.13. The summed E-state index contributed by atoms with van der Waals surface area (Å²) >= 11 is 4.01. The van der Waals surface area contributed by atoms with Gasteiger partial charge in [0.25, 0.3) is 10.0 Å². The number of halogens is 1. The molecule has 14 heteroatoms. The molecule has 0 aliphatic carbocycles. The first-order chi connectivity index (χ1) is 17.1. The molecule has 0 aliphatic heterocycles. The van der Waals surface area contributed by atoms with Crippen LogP contribution < -0.4 is 24.1 Å². The summed E-state index contributed by atoms with van der Waals surface area (Å²) in [6, 6.07) is 10.5. The second kappa shape index (κ2) is 11.7. The van der Waals surface area contributed by atoms with Gasteiger partial charge in [0, 0.05) is 5.56 Å². The van der Waals surface area contributed by atoms with Gasteiger partial charge >= 0.3 is 0 Å². The van der Waals surface area contributed by atoms with Crippen molar-refractivity contribution in [1.29, 1.82) is 0 Å². The largest absolute Gasteiger partial charge is 0.497 e. The van der Waals surface area contributed by atoms with Crippen LogP contribution in [-0.4, -0.2) is 62.6 Å². The third-order valence-electron chi connectivity index (χ3n) is 4.78. The van der Waals surface area contributed by atoms with Crippen molar-refractivity contribution in [3.8, 4) is 34.3 Å². The van der Waals surface area contributed by atoms with E-state index < -0.39 is 10.0 Å².